The van der Waals surface area contributed by atoms with Gasteiger partial charge in [0.1, 0.15) is 5.75 Å². The molecule has 0 heterocycles. The third-order valence-electron chi connectivity index (χ3n) is 3.18. The predicted octanol–water partition coefficient (Wildman–Crippen LogP) is 5.75. The molecule has 0 bridgehead atoms. The van der Waals surface area contributed by atoms with Crippen LogP contribution in [0.15, 0.2) is 24.3 Å². The Morgan fingerprint density at radius 2 is 1.67 bits per heavy atom. The lowest BCUT2D eigenvalue weighted by Crippen LogP contribution is -2.17. The number of alkyl halides is 3. The molecule has 21 heavy (non-hydrogen) atoms. The van der Waals surface area contributed by atoms with Gasteiger partial charge in [-0.3, -0.25) is 0 Å². The summed E-state index contributed by atoms with van der Waals surface area (Å²) in [5, 5.41) is 3.13. The highest BCUT2D eigenvalue weighted by atomic mass is 19.4. The number of hydrogen-bond acceptors (Lipinski definition) is 2. The minimum absolute atomic E-state index is 0.188. The van der Waals surface area contributed by atoms with Gasteiger partial charge in [0.15, 0.2) is 0 Å². The van der Waals surface area contributed by atoms with Gasteiger partial charge < -0.3 is 10.1 Å². The zero-order valence-corrected chi connectivity index (χ0v) is 12.5. The van der Waals surface area contributed by atoms with Crippen LogP contribution in [-0.4, -0.2) is 12.9 Å². The predicted molar refractivity (Wildman–Crippen MR) is 79.6 cm³/mol. The summed E-state index contributed by atoms with van der Waals surface area (Å²) in [6.45, 7) is 2.96. The van der Waals surface area contributed by atoms with Crippen LogP contribution in [0.2, 0.25) is 0 Å². The Hall–Kier alpha value is -1.39. The lowest BCUT2D eigenvalue weighted by Gasteiger charge is -2.11. The van der Waals surface area contributed by atoms with E-state index in [1.165, 1.54) is 44.2 Å². The number of unbranched alkanes of at least 4 members (excludes halogenated alkanes) is 6. The minimum Gasteiger partial charge on any atom is -0.406 e. The van der Waals surface area contributed by atoms with Crippen molar-refractivity contribution in [2.75, 3.05) is 11.9 Å². The Morgan fingerprint density at radius 1 is 1.00 bits per heavy atom. The number of rotatable bonds is 10. The highest BCUT2D eigenvalue weighted by Crippen LogP contribution is 2.25. The van der Waals surface area contributed by atoms with Crippen molar-refractivity contribution >= 4 is 5.69 Å². The average molecular weight is 303 g/mol. The van der Waals surface area contributed by atoms with E-state index >= 15 is 0 Å². The highest BCUT2D eigenvalue weighted by Gasteiger charge is 2.31. The first kappa shape index (κ1) is 17.7. The molecule has 1 N–H and O–H groups in total. The summed E-state index contributed by atoms with van der Waals surface area (Å²) in [7, 11) is 0. The van der Waals surface area contributed by atoms with Gasteiger partial charge in [0, 0.05) is 18.3 Å². The van der Waals surface area contributed by atoms with E-state index in [4.69, 9.17) is 0 Å². The van der Waals surface area contributed by atoms with Crippen LogP contribution >= 0.6 is 0 Å². The number of benzene rings is 1. The van der Waals surface area contributed by atoms with Gasteiger partial charge in [0.25, 0.3) is 0 Å². The molecule has 0 radical (unpaired) electrons. The molecule has 0 aliphatic heterocycles. The number of hydrogen-bond donors (Lipinski definition) is 1. The number of halogens is 3. The molecule has 1 aromatic carbocycles. The largest absolute Gasteiger partial charge is 0.573 e. The first-order valence-corrected chi connectivity index (χ1v) is 7.61. The number of anilines is 1. The third kappa shape index (κ3) is 9.21. The highest BCUT2D eigenvalue weighted by molar-refractivity contribution is 5.48. The molecule has 0 amide bonds. The standard InChI is InChI=1S/C16H24F3NO/c1-2-3-4-5-6-7-8-12-20-14-10-9-11-15(13-14)21-16(17,18)19/h9-11,13,20H,2-8,12H2,1H3. The summed E-state index contributed by atoms with van der Waals surface area (Å²) in [6, 6.07) is 5.96. The van der Waals surface area contributed by atoms with Crippen LogP contribution in [0.4, 0.5) is 18.9 Å². The molecule has 0 spiro atoms. The quantitative estimate of drug-likeness (QED) is 0.556. The Kier molecular flexibility index (Phi) is 8.01. The summed E-state index contributed by atoms with van der Waals surface area (Å²) in [4.78, 5) is 0. The zero-order valence-electron chi connectivity index (χ0n) is 12.5. The third-order valence-corrected chi connectivity index (χ3v) is 3.18. The fourth-order valence-electron chi connectivity index (χ4n) is 2.12. The van der Waals surface area contributed by atoms with Crippen molar-refractivity contribution in [1.29, 1.82) is 0 Å². The molecule has 0 saturated carbocycles. The molecule has 0 saturated heterocycles. The van der Waals surface area contributed by atoms with Crippen LogP contribution in [0.1, 0.15) is 51.9 Å². The minimum atomic E-state index is -4.64. The Morgan fingerprint density at radius 3 is 2.33 bits per heavy atom. The van der Waals surface area contributed by atoms with Gasteiger partial charge in [-0.15, -0.1) is 13.2 Å². The zero-order chi connectivity index (χ0) is 15.6. The van der Waals surface area contributed by atoms with Crippen LogP contribution in [0.25, 0.3) is 0 Å². The van der Waals surface area contributed by atoms with Crippen LogP contribution in [0.5, 0.6) is 5.75 Å². The summed E-state index contributed by atoms with van der Waals surface area (Å²) >= 11 is 0. The Balaban J connectivity index is 2.19. The van der Waals surface area contributed by atoms with E-state index in [0.29, 0.717) is 5.69 Å². The second-order valence-corrected chi connectivity index (χ2v) is 5.12. The van der Waals surface area contributed by atoms with Crippen LogP contribution in [0.3, 0.4) is 0 Å². The monoisotopic (exact) mass is 303 g/mol. The van der Waals surface area contributed by atoms with E-state index in [9.17, 15) is 13.2 Å². The van der Waals surface area contributed by atoms with Gasteiger partial charge >= 0.3 is 6.36 Å². The van der Waals surface area contributed by atoms with Crippen LogP contribution in [-0.2, 0) is 0 Å². The van der Waals surface area contributed by atoms with Gasteiger partial charge in [0.2, 0.25) is 0 Å². The van der Waals surface area contributed by atoms with E-state index < -0.39 is 6.36 Å². The van der Waals surface area contributed by atoms with Crippen LogP contribution < -0.4 is 10.1 Å². The van der Waals surface area contributed by atoms with E-state index in [0.717, 1.165) is 19.4 Å². The maximum absolute atomic E-state index is 12.1. The lowest BCUT2D eigenvalue weighted by molar-refractivity contribution is -0.274. The van der Waals surface area contributed by atoms with E-state index in [2.05, 4.69) is 17.0 Å². The van der Waals surface area contributed by atoms with E-state index in [1.54, 1.807) is 12.1 Å². The first-order chi connectivity index (χ1) is 10.0. The molecule has 2 nitrogen and oxygen atoms in total. The van der Waals surface area contributed by atoms with Crippen molar-refractivity contribution in [2.24, 2.45) is 0 Å². The molecule has 0 fully saturated rings. The van der Waals surface area contributed by atoms with Crippen molar-refractivity contribution < 1.29 is 17.9 Å². The molecule has 0 atom stereocenters. The SMILES string of the molecule is CCCCCCCCCNc1cccc(OC(F)(F)F)c1. The molecular formula is C16H24F3NO. The molecule has 0 aromatic heterocycles. The van der Waals surface area contributed by atoms with Crippen molar-refractivity contribution in [1.82, 2.24) is 0 Å². The molecule has 120 valence electrons. The lowest BCUT2D eigenvalue weighted by atomic mass is 10.1. The van der Waals surface area contributed by atoms with Gasteiger partial charge in [-0.05, 0) is 18.6 Å². The topological polar surface area (TPSA) is 21.3 Å². The molecule has 1 rings (SSSR count). The summed E-state index contributed by atoms with van der Waals surface area (Å²) in [5.41, 5.74) is 0.655. The van der Waals surface area contributed by atoms with Crippen molar-refractivity contribution in [3.05, 3.63) is 24.3 Å². The second-order valence-electron chi connectivity index (χ2n) is 5.12. The number of nitrogens with one attached hydrogen (secondary N) is 1. The fourth-order valence-corrected chi connectivity index (χ4v) is 2.12. The Labute approximate surface area is 124 Å². The smallest absolute Gasteiger partial charge is 0.406 e. The van der Waals surface area contributed by atoms with Gasteiger partial charge in [-0.25, -0.2) is 0 Å². The van der Waals surface area contributed by atoms with E-state index in [-0.39, 0.29) is 5.75 Å². The molecule has 0 aliphatic carbocycles. The van der Waals surface area contributed by atoms with Crippen molar-refractivity contribution in [3.63, 3.8) is 0 Å². The van der Waals surface area contributed by atoms with Gasteiger partial charge in [0.05, 0.1) is 0 Å². The maximum Gasteiger partial charge on any atom is 0.573 e. The van der Waals surface area contributed by atoms with Crippen molar-refractivity contribution in [3.8, 4) is 5.75 Å². The second kappa shape index (κ2) is 9.53. The molecule has 5 heteroatoms. The van der Waals surface area contributed by atoms with Crippen molar-refractivity contribution in [2.45, 2.75) is 58.2 Å². The molecule has 0 aliphatic rings. The summed E-state index contributed by atoms with van der Waals surface area (Å²) in [6.07, 6.45) is 3.85. The first-order valence-electron chi connectivity index (χ1n) is 7.61. The van der Waals surface area contributed by atoms with Gasteiger partial charge in [-0.2, -0.15) is 0 Å². The molecule has 0 unspecified atom stereocenters. The van der Waals surface area contributed by atoms with E-state index in [1.807, 2.05) is 0 Å². The molecule has 1 aromatic rings. The maximum atomic E-state index is 12.1. The van der Waals surface area contributed by atoms with Crippen LogP contribution in [0, 0.1) is 0 Å². The number of ether oxygens (including phenoxy) is 1. The average Bonchev–Trinajstić information content (AvgIpc) is 2.40. The fraction of sp³-hybridized carbons (Fsp3) is 0.625. The van der Waals surface area contributed by atoms with Gasteiger partial charge in [-0.1, -0.05) is 51.5 Å². The normalized spacial score (nSPS) is 11.4. The summed E-state index contributed by atoms with van der Waals surface area (Å²) < 4.78 is 40.2. The molecular weight excluding hydrogens is 279 g/mol. The summed E-state index contributed by atoms with van der Waals surface area (Å²) in [5.74, 6) is -0.188. The Bertz CT molecular complexity index is 393.